The van der Waals surface area contributed by atoms with Crippen LogP contribution in [0.25, 0.3) is 10.9 Å². The van der Waals surface area contributed by atoms with Crippen molar-refractivity contribution in [1.82, 2.24) is 19.2 Å². The SMILES string of the molecule is CC(NC1CCN(S(=O)(=O)c2ccc(Cl)cc2)C1)c1nc2ccccc2c(=O)n1C. The van der Waals surface area contributed by atoms with Gasteiger partial charge in [-0.1, -0.05) is 23.7 Å². The van der Waals surface area contributed by atoms with E-state index in [1.165, 1.54) is 16.4 Å². The zero-order valence-electron chi connectivity index (χ0n) is 16.7. The van der Waals surface area contributed by atoms with Crippen LogP contribution in [-0.4, -0.2) is 41.4 Å². The van der Waals surface area contributed by atoms with Gasteiger partial charge in [-0.3, -0.25) is 9.36 Å². The number of nitrogens with zero attached hydrogens (tertiary/aromatic N) is 3. The minimum Gasteiger partial charge on any atom is -0.303 e. The molecule has 9 heteroatoms. The van der Waals surface area contributed by atoms with Crippen molar-refractivity contribution >= 4 is 32.5 Å². The normalized spacial score (nSPS) is 18.7. The Morgan fingerprint density at radius 1 is 1.17 bits per heavy atom. The van der Waals surface area contributed by atoms with Gasteiger partial charge in [0.15, 0.2) is 0 Å². The molecule has 1 saturated heterocycles. The number of benzene rings is 2. The fourth-order valence-electron chi connectivity index (χ4n) is 3.89. The number of sulfonamides is 1. The summed E-state index contributed by atoms with van der Waals surface area (Å²) in [6.45, 7) is 2.73. The van der Waals surface area contributed by atoms with Crippen molar-refractivity contribution in [2.24, 2.45) is 7.05 Å². The zero-order chi connectivity index (χ0) is 21.5. The van der Waals surface area contributed by atoms with E-state index >= 15 is 0 Å². The molecule has 0 saturated carbocycles. The summed E-state index contributed by atoms with van der Waals surface area (Å²) < 4.78 is 28.8. The molecule has 0 spiro atoms. The average Bonchev–Trinajstić information content (AvgIpc) is 3.20. The first-order valence-electron chi connectivity index (χ1n) is 9.75. The molecule has 1 aliphatic heterocycles. The number of hydrogen-bond donors (Lipinski definition) is 1. The van der Waals surface area contributed by atoms with Crippen LogP contribution in [0.1, 0.15) is 25.2 Å². The molecule has 0 amide bonds. The molecule has 2 aromatic carbocycles. The van der Waals surface area contributed by atoms with Gasteiger partial charge in [-0.05, 0) is 49.7 Å². The summed E-state index contributed by atoms with van der Waals surface area (Å²) >= 11 is 5.87. The molecule has 1 aromatic heterocycles. The zero-order valence-corrected chi connectivity index (χ0v) is 18.3. The predicted molar refractivity (Wildman–Crippen MR) is 117 cm³/mol. The average molecular weight is 447 g/mol. The number of hydrogen-bond acceptors (Lipinski definition) is 5. The molecule has 2 atom stereocenters. The lowest BCUT2D eigenvalue weighted by molar-refractivity contribution is 0.422. The topological polar surface area (TPSA) is 84.3 Å². The molecule has 30 heavy (non-hydrogen) atoms. The summed E-state index contributed by atoms with van der Waals surface area (Å²) in [5.74, 6) is 0.623. The summed E-state index contributed by atoms with van der Waals surface area (Å²) in [5, 5.41) is 4.52. The lowest BCUT2D eigenvalue weighted by atomic mass is 10.2. The third-order valence-electron chi connectivity index (χ3n) is 5.49. The molecule has 3 aromatic rings. The van der Waals surface area contributed by atoms with E-state index in [1.54, 1.807) is 29.8 Å². The summed E-state index contributed by atoms with van der Waals surface area (Å²) in [4.78, 5) is 17.5. The molecule has 7 nitrogen and oxygen atoms in total. The summed E-state index contributed by atoms with van der Waals surface area (Å²) in [5.41, 5.74) is 0.560. The molecular formula is C21H23ClN4O3S. The Labute approximate surface area is 180 Å². The Hall–Kier alpha value is -2.26. The highest BCUT2D eigenvalue weighted by atomic mass is 35.5. The van der Waals surface area contributed by atoms with Gasteiger partial charge >= 0.3 is 0 Å². The van der Waals surface area contributed by atoms with Crippen molar-refractivity contribution in [2.45, 2.75) is 30.3 Å². The first-order chi connectivity index (χ1) is 14.3. The largest absolute Gasteiger partial charge is 0.303 e. The molecule has 2 heterocycles. The van der Waals surface area contributed by atoms with E-state index in [-0.39, 0.29) is 22.5 Å². The van der Waals surface area contributed by atoms with Gasteiger partial charge in [-0.25, -0.2) is 13.4 Å². The highest BCUT2D eigenvalue weighted by molar-refractivity contribution is 7.89. The Balaban J connectivity index is 1.51. The van der Waals surface area contributed by atoms with Crippen molar-refractivity contribution < 1.29 is 8.42 Å². The van der Waals surface area contributed by atoms with Crippen molar-refractivity contribution in [1.29, 1.82) is 0 Å². The van der Waals surface area contributed by atoms with Crippen LogP contribution in [0.4, 0.5) is 0 Å². The number of rotatable bonds is 5. The lowest BCUT2D eigenvalue weighted by Crippen LogP contribution is -2.38. The third-order valence-corrected chi connectivity index (χ3v) is 7.62. The molecule has 1 fully saturated rings. The van der Waals surface area contributed by atoms with Crippen LogP contribution >= 0.6 is 11.6 Å². The smallest absolute Gasteiger partial charge is 0.261 e. The maximum absolute atomic E-state index is 12.9. The summed E-state index contributed by atoms with van der Waals surface area (Å²) in [6, 6.07) is 13.2. The van der Waals surface area contributed by atoms with Gasteiger partial charge < -0.3 is 5.32 Å². The Morgan fingerprint density at radius 3 is 2.60 bits per heavy atom. The minimum atomic E-state index is -3.57. The first kappa shape index (κ1) is 21.0. The second-order valence-electron chi connectivity index (χ2n) is 7.54. The molecule has 4 rings (SSSR count). The van der Waals surface area contributed by atoms with E-state index in [4.69, 9.17) is 11.6 Å². The van der Waals surface area contributed by atoms with Crippen molar-refractivity contribution in [3.63, 3.8) is 0 Å². The summed E-state index contributed by atoms with van der Waals surface area (Å²) in [7, 11) is -1.86. The van der Waals surface area contributed by atoms with Crippen LogP contribution in [0.5, 0.6) is 0 Å². The lowest BCUT2D eigenvalue weighted by Gasteiger charge is -2.22. The van der Waals surface area contributed by atoms with Crippen LogP contribution in [0.3, 0.4) is 0 Å². The van der Waals surface area contributed by atoms with E-state index < -0.39 is 10.0 Å². The van der Waals surface area contributed by atoms with Crippen molar-refractivity contribution in [2.75, 3.05) is 13.1 Å². The van der Waals surface area contributed by atoms with Gasteiger partial charge in [0, 0.05) is 31.2 Å². The fourth-order valence-corrected chi connectivity index (χ4v) is 5.51. The second-order valence-corrected chi connectivity index (χ2v) is 9.92. The maximum atomic E-state index is 12.9. The van der Waals surface area contributed by atoms with E-state index in [2.05, 4.69) is 10.3 Å². The standard InChI is InChI=1S/C21H23ClN4O3S/c1-14(20-24-19-6-4-3-5-18(19)21(27)25(20)2)23-16-11-12-26(13-16)30(28,29)17-9-7-15(22)8-10-17/h3-10,14,16,23H,11-13H2,1-2H3. The van der Waals surface area contributed by atoms with Crippen LogP contribution < -0.4 is 10.9 Å². The van der Waals surface area contributed by atoms with E-state index in [9.17, 15) is 13.2 Å². The molecule has 1 N–H and O–H groups in total. The van der Waals surface area contributed by atoms with E-state index in [1.807, 2.05) is 25.1 Å². The maximum Gasteiger partial charge on any atom is 0.261 e. The minimum absolute atomic E-state index is 0.0366. The molecular weight excluding hydrogens is 424 g/mol. The van der Waals surface area contributed by atoms with Gasteiger partial charge in [0.2, 0.25) is 10.0 Å². The first-order valence-corrected chi connectivity index (χ1v) is 11.6. The van der Waals surface area contributed by atoms with Gasteiger partial charge in [0.25, 0.3) is 5.56 Å². The van der Waals surface area contributed by atoms with Gasteiger partial charge in [0.1, 0.15) is 5.82 Å². The predicted octanol–water partition coefficient (Wildman–Crippen LogP) is 2.70. The number of nitrogens with one attached hydrogen (secondary N) is 1. The van der Waals surface area contributed by atoms with Crippen LogP contribution in [-0.2, 0) is 17.1 Å². The number of halogens is 1. The third kappa shape index (κ3) is 3.88. The molecule has 1 aliphatic rings. The van der Waals surface area contributed by atoms with Crippen LogP contribution in [0.2, 0.25) is 5.02 Å². The highest BCUT2D eigenvalue weighted by Crippen LogP contribution is 2.24. The monoisotopic (exact) mass is 446 g/mol. The summed E-state index contributed by atoms with van der Waals surface area (Å²) in [6.07, 6.45) is 0.679. The van der Waals surface area contributed by atoms with E-state index in [0.717, 1.165) is 0 Å². The molecule has 158 valence electrons. The Morgan fingerprint density at radius 2 is 1.87 bits per heavy atom. The highest BCUT2D eigenvalue weighted by Gasteiger charge is 2.33. The number of fused-ring (bicyclic) bond motifs is 1. The fraction of sp³-hybridized carbons (Fsp3) is 0.333. The molecule has 0 aliphatic carbocycles. The van der Waals surface area contributed by atoms with Crippen LogP contribution in [0, 0.1) is 0 Å². The Kier molecular flexibility index (Phi) is 5.67. The molecule has 2 unspecified atom stereocenters. The quantitative estimate of drug-likeness (QED) is 0.651. The molecule has 0 bridgehead atoms. The Bertz CT molecular complexity index is 1240. The van der Waals surface area contributed by atoms with Gasteiger partial charge in [0.05, 0.1) is 21.8 Å². The number of aromatic nitrogens is 2. The van der Waals surface area contributed by atoms with Crippen LogP contribution in [0.15, 0.2) is 58.2 Å². The molecule has 0 radical (unpaired) electrons. The van der Waals surface area contributed by atoms with Crippen molar-refractivity contribution in [3.8, 4) is 0 Å². The van der Waals surface area contributed by atoms with Crippen molar-refractivity contribution in [3.05, 3.63) is 69.7 Å². The van der Waals surface area contributed by atoms with Gasteiger partial charge in [-0.15, -0.1) is 0 Å². The van der Waals surface area contributed by atoms with E-state index in [0.29, 0.717) is 41.3 Å². The second kappa shape index (κ2) is 8.11. The van der Waals surface area contributed by atoms with Gasteiger partial charge in [-0.2, -0.15) is 4.31 Å². The number of para-hydroxylation sites is 1.